The van der Waals surface area contributed by atoms with Crippen molar-refractivity contribution in [3.05, 3.63) is 179 Å². The van der Waals surface area contributed by atoms with Crippen LogP contribution in [0.3, 0.4) is 0 Å². The molecule has 0 aliphatic rings. The maximum Gasteiger partial charge on any atom is 0.0209 e. The molecule has 0 amide bonds. The van der Waals surface area contributed by atoms with Crippen molar-refractivity contribution in [1.82, 2.24) is 0 Å². The Labute approximate surface area is 267 Å². The summed E-state index contributed by atoms with van der Waals surface area (Å²) in [5.41, 5.74) is 14.8. The molecule has 0 bridgehead atoms. The summed E-state index contributed by atoms with van der Waals surface area (Å²) in [6.45, 7) is 0. The van der Waals surface area contributed by atoms with Gasteiger partial charge in [-0.25, -0.2) is 0 Å². The molecule has 0 atom stereocenters. The van der Waals surface area contributed by atoms with E-state index in [1.54, 1.807) is 0 Å². The first-order valence-electron chi connectivity index (χ1n) is 14.6. The van der Waals surface area contributed by atoms with E-state index in [1.807, 2.05) is 0 Å². The van der Waals surface area contributed by atoms with Crippen LogP contribution in [0.25, 0.3) is 66.8 Å². The lowest BCUT2D eigenvalue weighted by Gasteiger charge is -2.20. The standard InChI is InChI=1S/C42H29I/c43-42-29-15-14-28-41(42)40-27-13-12-26-39(40)38-25-11-10-24-37(38)36-23-9-8-22-35(36)34-21-7-6-20-33(34)32-19-5-4-18-31(32)30-16-2-1-3-17-30/h1-29H. The smallest absolute Gasteiger partial charge is 0.0209 e. The maximum absolute atomic E-state index is 2.45. The zero-order valence-corrected chi connectivity index (χ0v) is 25.8. The van der Waals surface area contributed by atoms with Gasteiger partial charge < -0.3 is 0 Å². The molecule has 7 rings (SSSR count). The third-order valence-electron chi connectivity index (χ3n) is 8.04. The summed E-state index contributed by atoms with van der Waals surface area (Å²) >= 11 is 2.45. The lowest BCUT2D eigenvalue weighted by atomic mass is 9.84. The van der Waals surface area contributed by atoms with Crippen molar-refractivity contribution < 1.29 is 0 Å². The van der Waals surface area contributed by atoms with Crippen LogP contribution in [0.5, 0.6) is 0 Å². The van der Waals surface area contributed by atoms with E-state index in [2.05, 4.69) is 199 Å². The molecule has 7 aromatic rings. The van der Waals surface area contributed by atoms with Crippen LogP contribution in [0.4, 0.5) is 0 Å². The number of benzene rings is 7. The fourth-order valence-electron chi connectivity index (χ4n) is 6.08. The molecule has 43 heavy (non-hydrogen) atoms. The summed E-state index contributed by atoms with van der Waals surface area (Å²) in [6.07, 6.45) is 0. The van der Waals surface area contributed by atoms with E-state index < -0.39 is 0 Å². The number of halogens is 1. The van der Waals surface area contributed by atoms with E-state index in [0.29, 0.717) is 0 Å². The van der Waals surface area contributed by atoms with E-state index in [1.165, 1.54) is 70.3 Å². The predicted molar refractivity (Wildman–Crippen MR) is 192 cm³/mol. The molecule has 0 aliphatic heterocycles. The molecule has 0 nitrogen and oxygen atoms in total. The van der Waals surface area contributed by atoms with Gasteiger partial charge in [-0.15, -0.1) is 0 Å². The van der Waals surface area contributed by atoms with E-state index >= 15 is 0 Å². The topological polar surface area (TPSA) is 0 Å². The van der Waals surface area contributed by atoms with Gasteiger partial charge in [-0.2, -0.15) is 0 Å². The van der Waals surface area contributed by atoms with Crippen molar-refractivity contribution in [2.45, 2.75) is 0 Å². The fraction of sp³-hybridized carbons (Fsp3) is 0. The molecule has 0 radical (unpaired) electrons. The Morgan fingerprint density at radius 3 is 0.791 bits per heavy atom. The zero-order chi connectivity index (χ0) is 29.0. The Bertz CT molecular complexity index is 2040. The monoisotopic (exact) mass is 660 g/mol. The highest BCUT2D eigenvalue weighted by molar-refractivity contribution is 14.1. The lowest BCUT2D eigenvalue weighted by molar-refractivity contribution is 1.53. The second-order valence-electron chi connectivity index (χ2n) is 10.6. The molecule has 0 unspecified atom stereocenters. The average Bonchev–Trinajstić information content (AvgIpc) is 3.09. The van der Waals surface area contributed by atoms with Gasteiger partial charge in [-0.1, -0.05) is 170 Å². The summed E-state index contributed by atoms with van der Waals surface area (Å²) in [5, 5.41) is 0. The molecule has 0 aliphatic carbocycles. The first kappa shape index (κ1) is 27.1. The number of hydrogen-bond acceptors (Lipinski definition) is 0. The van der Waals surface area contributed by atoms with Gasteiger partial charge in [0.25, 0.3) is 0 Å². The fourth-order valence-corrected chi connectivity index (χ4v) is 6.76. The zero-order valence-electron chi connectivity index (χ0n) is 23.6. The van der Waals surface area contributed by atoms with Gasteiger partial charge in [0.1, 0.15) is 0 Å². The molecule has 0 heterocycles. The van der Waals surface area contributed by atoms with E-state index in [0.717, 1.165) is 0 Å². The van der Waals surface area contributed by atoms with E-state index in [-0.39, 0.29) is 0 Å². The highest BCUT2D eigenvalue weighted by Gasteiger charge is 2.18. The third-order valence-corrected chi connectivity index (χ3v) is 8.99. The van der Waals surface area contributed by atoms with Crippen molar-refractivity contribution >= 4 is 22.6 Å². The van der Waals surface area contributed by atoms with Gasteiger partial charge in [0, 0.05) is 3.57 Å². The molecular formula is C42H29I. The van der Waals surface area contributed by atoms with Crippen LogP contribution in [0.15, 0.2) is 176 Å². The summed E-state index contributed by atoms with van der Waals surface area (Å²) in [6, 6.07) is 63.3. The average molecular weight is 661 g/mol. The van der Waals surface area contributed by atoms with Gasteiger partial charge in [-0.05, 0) is 95.4 Å². The van der Waals surface area contributed by atoms with Gasteiger partial charge in [-0.3, -0.25) is 0 Å². The minimum atomic E-state index is 1.22. The minimum Gasteiger partial charge on any atom is -0.0622 e. The Morgan fingerprint density at radius 2 is 0.442 bits per heavy atom. The summed E-state index contributed by atoms with van der Waals surface area (Å²) < 4.78 is 1.25. The summed E-state index contributed by atoms with van der Waals surface area (Å²) in [4.78, 5) is 0. The Hall–Kier alpha value is -4.73. The molecular weight excluding hydrogens is 631 g/mol. The second-order valence-corrected chi connectivity index (χ2v) is 11.7. The summed E-state index contributed by atoms with van der Waals surface area (Å²) in [7, 11) is 0. The van der Waals surface area contributed by atoms with Crippen molar-refractivity contribution in [2.24, 2.45) is 0 Å². The second kappa shape index (κ2) is 12.2. The highest BCUT2D eigenvalue weighted by Crippen LogP contribution is 2.45. The van der Waals surface area contributed by atoms with Gasteiger partial charge in [0.15, 0.2) is 0 Å². The highest BCUT2D eigenvalue weighted by atomic mass is 127. The van der Waals surface area contributed by atoms with Gasteiger partial charge >= 0.3 is 0 Å². The molecule has 0 saturated carbocycles. The van der Waals surface area contributed by atoms with Crippen LogP contribution >= 0.6 is 22.6 Å². The molecule has 7 aromatic carbocycles. The molecule has 204 valence electrons. The maximum atomic E-state index is 2.45. The number of rotatable bonds is 6. The van der Waals surface area contributed by atoms with Crippen LogP contribution in [-0.4, -0.2) is 0 Å². The van der Waals surface area contributed by atoms with E-state index in [9.17, 15) is 0 Å². The Kier molecular flexibility index (Phi) is 7.73. The van der Waals surface area contributed by atoms with Crippen LogP contribution in [0.1, 0.15) is 0 Å². The summed E-state index contributed by atoms with van der Waals surface area (Å²) in [5.74, 6) is 0. The minimum absolute atomic E-state index is 1.22. The van der Waals surface area contributed by atoms with Crippen molar-refractivity contribution in [3.8, 4) is 66.8 Å². The molecule has 1 heteroatoms. The SMILES string of the molecule is Ic1ccccc1-c1ccccc1-c1ccccc1-c1ccccc1-c1ccccc1-c1ccccc1-c1ccccc1. The third kappa shape index (κ3) is 5.33. The predicted octanol–water partition coefficient (Wildman–Crippen LogP) is 12.3. The van der Waals surface area contributed by atoms with Crippen LogP contribution in [0, 0.1) is 3.57 Å². The Morgan fingerprint density at radius 1 is 0.209 bits per heavy atom. The van der Waals surface area contributed by atoms with Gasteiger partial charge in [0.05, 0.1) is 0 Å². The van der Waals surface area contributed by atoms with Crippen LogP contribution < -0.4 is 0 Å². The van der Waals surface area contributed by atoms with Crippen LogP contribution in [0.2, 0.25) is 0 Å². The normalized spacial score (nSPS) is 10.9. The first-order chi connectivity index (χ1) is 21.3. The van der Waals surface area contributed by atoms with Crippen molar-refractivity contribution in [2.75, 3.05) is 0 Å². The molecule has 0 fully saturated rings. The van der Waals surface area contributed by atoms with Crippen LogP contribution in [-0.2, 0) is 0 Å². The van der Waals surface area contributed by atoms with E-state index in [4.69, 9.17) is 0 Å². The molecule has 0 aromatic heterocycles. The lowest BCUT2D eigenvalue weighted by Crippen LogP contribution is -1.93. The Balaban J connectivity index is 1.43. The van der Waals surface area contributed by atoms with Gasteiger partial charge in [0.2, 0.25) is 0 Å². The molecule has 0 spiro atoms. The van der Waals surface area contributed by atoms with Crippen molar-refractivity contribution in [1.29, 1.82) is 0 Å². The molecule has 0 N–H and O–H groups in total. The molecule has 0 saturated heterocycles. The first-order valence-corrected chi connectivity index (χ1v) is 15.6. The van der Waals surface area contributed by atoms with Crippen molar-refractivity contribution in [3.63, 3.8) is 0 Å². The number of hydrogen-bond donors (Lipinski definition) is 0. The quantitative estimate of drug-likeness (QED) is 0.156. The largest absolute Gasteiger partial charge is 0.0622 e.